The zero-order chi connectivity index (χ0) is 18.4. The molecule has 0 aromatic carbocycles. The molecule has 2 fully saturated rings. The molecule has 2 aromatic rings. The van der Waals surface area contributed by atoms with Gasteiger partial charge >= 0.3 is 0 Å². The van der Waals surface area contributed by atoms with E-state index in [2.05, 4.69) is 24.8 Å². The minimum absolute atomic E-state index is 0.0875. The van der Waals surface area contributed by atoms with Gasteiger partial charge in [0.1, 0.15) is 5.82 Å². The number of anilines is 3. The number of nitrogens with two attached hydrogens (primary N) is 1. The molecule has 0 bridgehead atoms. The Morgan fingerprint density at radius 2 is 1.96 bits per heavy atom. The third-order valence-corrected chi connectivity index (χ3v) is 5.64. The van der Waals surface area contributed by atoms with Gasteiger partial charge in [0.25, 0.3) is 5.56 Å². The topological polar surface area (TPSA) is 113 Å². The van der Waals surface area contributed by atoms with E-state index < -0.39 is 0 Å². The second-order valence-corrected chi connectivity index (χ2v) is 7.45. The lowest BCUT2D eigenvalue weighted by molar-refractivity contribution is 0.133. The van der Waals surface area contributed by atoms with Crippen LogP contribution in [0.4, 0.5) is 17.7 Å². The normalized spacial score (nSPS) is 21.9. The predicted octanol–water partition coefficient (Wildman–Crippen LogP) is 0.766. The van der Waals surface area contributed by atoms with Crippen LogP contribution >= 0.6 is 0 Å². The number of nitrogen functional groups attached to an aromatic ring is 1. The predicted molar refractivity (Wildman–Crippen MR) is 101 cm³/mol. The number of ether oxygens (including phenoxy) is 1. The average Bonchev–Trinajstić information content (AvgIpc) is 3.40. The second kappa shape index (κ2) is 6.49. The van der Waals surface area contributed by atoms with Crippen molar-refractivity contribution >= 4 is 17.7 Å². The number of rotatable bonds is 3. The molecule has 9 nitrogen and oxygen atoms in total. The van der Waals surface area contributed by atoms with Crippen LogP contribution in [0.25, 0.3) is 0 Å². The fourth-order valence-electron chi connectivity index (χ4n) is 4.14. The van der Waals surface area contributed by atoms with Gasteiger partial charge in [0, 0.05) is 43.7 Å². The molecule has 1 unspecified atom stereocenters. The van der Waals surface area contributed by atoms with Crippen molar-refractivity contribution in [1.82, 2.24) is 19.9 Å². The van der Waals surface area contributed by atoms with Crippen molar-refractivity contribution in [2.45, 2.75) is 38.4 Å². The Hall–Kier alpha value is -2.68. The third-order valence-electron chi connectivity index (χ3n) is 5.64. The summed E-state index contributed by atoms with van der Waals surface area (Å²) in [5, 5.41) is 0. The number of hydrogen-bond donors (Lipinski definition) is 2. The van der Waals surface area contributed by atoms with Crippen LogP contribution in [0, 0.1) is 0 Å². The fraction of sp³-hybridized carbons (Fsp3) is 0.556. The maximum Gasteiger partial charge on any atom is 0.252 e. The minimum Gasteiger partial charge on any atom is -0.383 e. The van der Waals surface area contributed by atoms with E-state index in [4.69, 9.17) is 15.5 Å². The van der Waals surface area contributed by atoms with Gasteiger partial charge in [-0.3, -0.25) is 9.78 Å². The van der Waals surface area contributed by atoms with E-state index in [1.807, 2.05) is 0 Å². The highest BCUT2D eigenvalue weighted by Crippen LogP contribution is 2.31. The first kappa shape index (κ1) is 16.5. The second-order valence-electron chi connectivity index (χ2n) is 7.45. The summed E-state index contributed by atoms with van der Waals surface area (Å²) in [7, 11) is 0. The number of H-pyrrole nitrogens is 1. The number of hydrogen-bond acceptors (Lipinski definition) is 8. The molecule has 27 heavy (non-hydrogen) atoms. The zero-order valence-corrected chi connectivity index (χ0v) is 15.1. The summed E-state index contributed by atoms with van der Waals surface area (Å²) in [6, 6.07) is 1.62. The van der Waals surface area contributed by atoms with E-state index in [1.54, 1.807) is 6.07 Å². The Morgan fingerprint density at radius 3 is 2.81 bits per heavy atom. The summed E-state index contributed by atoms with van der Waals surface area (Å²) in [5.74, 6) is 2.03. The molecule has 0 amide bonds. The summed E-state index contributed by atoms with van der Waals surface area (Å²) in [6.45, 7) is 4.43. The molecule has 0 radical (unpaired) electrons. The number of fused-ring (bicyclic) bond motifs is 1. The molecule has 3 aliphatic rings. The van der Waals surface area contributed by atoms with Crippen molar-refractivity contribution in [3.63, 3.8) is 0 Å². The van der Waals surface area contributed by atoms with Gasteiger partial charge in [0.2, 0.25) is 11.9 Å². The first-order chi connectivity index (χ1) is 13.2. The highest BCUT2D eigenvalue weighted by Gasteiger charge is 2.29. The Balaban J connectivity index is 1.38. The first-order valence-electron chi connectivity index (χ1n) is 9.51. The fourth-order valence-corrected chi connectivity index (χ4v) is 4.14. The highest BCUT2D eigenvalue weighted by atomic mass is 16.5. The van der Waals surface area contributed by atoms with Crippen molar-refractivity contribution in [2.75, 3.05) is 41.7 Å². The van der Waals surface area contributed by atoms with E-state index in [-0.39, 0.29) is 11.5 Å². The molecule has 5 rings (SSSR count). The van der Waals surface area contributed by atoms with Crippen molar-refractivity contribution < 1.29 is 4.74 Å². The molecule has 2 aromatic heterocycles. The van der Waals surface area contributed by atoms with Gasteiger partial charge < -0.3 is 20.3 Å². The van der Waals surface area contributed by atoms with E-state index >= 15 is 0 Å². The van der Waals surface area contributed by atoms with Crippen LogP contribution in [0.1, 0.15) is 42.1 Å². The molecule has 3 aliphatic heterocycles. The lowest BCUT2D eigenvalue weighted by Gasteiger charge is -2.19. The standard InChI is InChI=1S/C18H23N7O2/c19-16-12-9-27-10-14(12)21-18(23-16)25-6-3-11(8-25)13-7-15(26)22-17(20-13)24-4-1-2-5-24/h7,11H,1-6,8-10H2,(H2,19,21,23)(H,20,22,26). The number of aromatic nitrogens is 4. The molecule has 3 N–H and O–H groups in total. The zero-order valence-electron chi connectivity index (χ0n) is 15.1. The van der Waals surface area contributed by atoms with Gasteiger partial charge in [-0.25, -0.2) is 9.97 Å². The molecular weight excluding hydrogens is 346 g/mol. The molecule has 1 atom stereocenters. The maximum atomic E-state index is 12.2. The molecule has 9 heteroatoms. The van der Waals surface area contributed by atoms with Gasteiger partial charge in [-0.2, -0.15) is 4.98 Å². The SMILES string of the molecule is Nc1nc(N2CCC(c3cc(=O)[nH]c(N4CCCC4)n3)C2)nc2c1COC2. The largest absolute Gasteiger partial charge is 0.383 e. The quantitative estimate of drug-likeness (QED) is 0.815. The molecule has 0 spiro atoms. The van der Waals surface area contributed by atoms with Crippen LogP contribution in [0.15, 0.2) is 10.9 Å². The van der Waals surface area contributed by atoms with Crippen LogP contribution < -0.4 is 21.1 Å². The smallest absolute Gasteiger partial charge is 0.252 e. The summed E-state index contributed by atoms with van der Waals surface area (Å²) in [4.78, 5) is 33.2. The van der Waals surface area contributed by atoms with Crippen molar-refractivity contribution in [3.8, 4) is 0 Å². The van der Waals surface area contributed by atoms with Gasteiger partial charge in [0.05, 0.1) is 24.6 Å². The van der Waals surface area contributed by atoms with Crippen LogP contribution in [0.3, 0.4) is 0 Å². The Labute approximate surface area is 156 Å². The van der Waals surface area contributed by atoms with Crippen LogP contribution in [0.2, 0.25) is 0 Å². The number of nitrogens with one attached hydrogen (secondary N) is 1. The van der Waals surface area contributed by atoms with Crippen molar-refractivity contribution in [2.24, 2.45) is 0 Å². The Kier molecular flexibility index (Phi) is 3.96. The number of aromatic amines is 1. The van der Waals surface area contributed by atoms with E-state index in [0.717, 1.165) is 62.4 Å². The molecule has 0 saturated carbocycles. The van der Waals surface area contributed by atoms with Gasteiger partial charge in [-0.1, -0.05) is 0 Å². The molecular formula is C18H23N7O2. The van der Waals surface area contributed by atoms with Crippen molar-refractivity contribution in [3.05, 3.63) is 33.4 Å². The molecule has 5 heterocycles. The van der Waals surface area contributed by atoms with Gasteiger partial charge in [-0.05, 0) is 19.3 Å². The molecule has 0 aliphatic carbocycles. The van der Waals surface area contributed by atoms with Crippen LogP contribution in [-0.2, 0) is 18.0 Å². The van der Waals surface area contributed by atoms with E-state index in [0.29, 0.717) is 30.9 Å². The summed E-state index contributed by atoms with van der Waals surface area (Å²) >= 11 is 0. The maximum absolute atomic E-state index is 12.2. The summed E-state index contributed by atoms with van der Waals surface area (Å²) in [5.41, 5.74) is 8.62. The van der Waals surface area contributed by atoms with Gasteiger partial charge in [-0.15, -0.1) is 0 Å². The number of nitrogens with zero attached hydrogens (tertiary/aromatic N) is 5. The Morgan fingerprint density at radius 1 is 1.11 bits per heavy atom. The first-order valence-corrected chi connectivity index (χ1v) is 9.51. The lowest BCUT2D eigenvalue weighted by atomic mass is 10.1. The Bertz CT molecular complexity index is 922. The minimum atomic E-state index is -0.0875. The van der Waals surface area contributed by atoms with Gasteiger partial charge in [0.15, 0.2) is 0 Å². The van der Waals surface area contributed by atoms with E-state index in [9.17, 15) is 4.79 Å². The summed E-state index contributed by atoms with van der Waals surface area (Å²) < 4.78 is 5.43. The van der Waals surface area contributed by atoms with Crippen LogP contribution in [0.5, 0.6) is 0 Å². The van der Waals surface area contributed by atoms with Crippen LogP contribution in [-0.4, -0.2) is 46.1 Å². The summed E-state index contributed by atoms with van der Waals surface area (Å²) in [6.07, 6.45) is 3.20. The highest BCUT2D eigenvalue weighted by molar-refractivity contribution is 5.49. The monoisotopic (exact) mass is 369 g/mol. The van der Waals surface area contributed by atoms with E-state index in [1.165, 1.54) is 0 Å². The average molecular weight is 369 g/mol. The third kappa shape index (κ3) is 3.01. The molecule has 142 valence electrons. The lowest BCUT2D eigenvalue weighted by Crippen LogP contribution is -2.26. The van der Waals surface area contributed by atoms with Crippen molar-refractivity contribution in [1.29, 1.82) is 0 Å². The molecule has 2 saturated heterocycles.